The van der Waals surface area contributed by atoms with Gasteiger partial charge in [0.1, 0.15) is 5.60 Å². The number of carbonyl (C=O) groups is 1. The lowest BCUT2D eigenvalue weighted by atomic mass is 10.0. The van der Waals surface area contributed by atoms with Crippen LogP contribution in [0, 0.1) is 0 Å². The third kappa shape index (κ3) is 4.07. The fraction of sp³-hybridized carbons (Fsp3) is 0.900. The number of nitrogens with one attached hydrogen (secondary N) is 1. The van der Waals surface area contributed by atoms with Crippen molar-refractivity contribution in [3.8, 4) is 0 Å². The van der Waals surface area contributed by atoms with Crippen LogP contribution >= 0.6 is 0 Å². The first-order valence-electron chi connectivity index (χ1n) is 4.62. The lowest BCUT2D eigenvalue weighted by Gasteiger charge is -2.30. The van der Waals surface area contributed by atoms with Gasteiger partial charge in [-0.1, -0.05) is 0 Å². The molecule has 0 unspecified atom stereocenters. The van der Waals surface area contributed by atoms with E-state index in [1.165, 1.54) is 7.11 Å². The van der Waals surface area contributed by atoms with E-state index in [9.17, 15) is 4.79 Å². The van der Waals surface area contributed by atoms with Crippen LogP contribution in [-0.2, 0) is 14.3 Å². The average Bonchev–Trinajstić information content (AvgIpc) is 2.03. The van der Waals surface area contributed by atoms with Crippen molar-refractivity contribution in [2.45, 2.75) is 38.8 Å². The molecule has 0 saturated heterocycles. The Labute approximate surface area is 86.0 Å². The van der Waals surface area contributed by atoms with Crippen molar-refractivity contribution in [1.82, 2.24) is 5.32 Å². The Morgan fingerprint density at radius 1 is 1.21 bits per heavy atom. The van der Waals surface area contributed by atoms with Crippen LogP contribution in [0.3, 0.4) is 0 Å². The van der Waals surface area contributed by atoms with Crippen molar-refractivity contribution in [2.24, 2.45) is 0 Å². The predicted molar refractivity (Wildman–Crippen MR) is 55.2 cm³/mol. The first-order valence-corrected chi connectivity index (χ1v) is 4.62. The summed E-state index contributed by atoms with van der Waals surface area (Å²) >= 11 is 0. The minimum Gasteiger partial charge on any atom is -0.382 e. The highest BCUT2D eigenvalue weighted by atomic mass is 16.5. The zero-order valence-electron chi connectivity index (χ0n) is 9.93. The quantitative estimate of drug-likeness (QED) is 0.723. The van der Waals surface area contributed by atoms with Crippen LogP contribution in [-0.4, -0.2) is 37.9 Å². The topological polar surface area (TPSA) is 47.6 Å². The van der Waals surface area contributed by atoms with Gasteiger partial charge in [-0.2, -0.15) is 0 Å². The molecule has 0 bridgehead atoms. The Balaban J connectivity index is 4.31. The zero-order chi connectivity index (χ0) is 11.4. The van der Waals surface area contributed by atoms with E-state index >= 15 is 0 Å². The fourth-order valence-corrected chi connectivity index (χ4v) is 0.947. The van der Waals surface area contributed by atoms with Crippen molar-refractivity contribution in [3.63, 3.8) is 0 Å². The minimum atomic E-state index is -0.801. The van der Waals surface area contributed by atoms with Crippen molar-refractivity contribution < 1.29 is 14.3 Å². The number of methoxy groups -OCH3 is 2. The Bertz CT molecular complexity index is 200. The van der Waals surface area contributed by atoms with Crippen LogP contribution in [0.15, 0.2) is 0 Å². The van der Waals surface area contributed by atoms with Gasteiger partial charge in [0.15, 0.2) is 0 Å². The molecular weight excluding hydrogens is 182 g/mol. The molecule has 1 N–H and O–H groups in total. The molecule has 0 aromatic rings. The zero-order valence-corrected chi connectivity index (χ0v) is 9.93. The van der Waals surface area contributed by atoms with Crippen LogP contribution in [0.1, 0.15) is 27.7 Å². The molecule has 4 heteroatoms. The third-order valence-electron chi connectivity index (χ3n) is 2.01. The van der Waals surface area contributed by atoms with Gasteiger partial charge >= 0.3 is 0 Å². The summed E-state index contributed by atoms with van der Waals surface area (Å²) in [7, 11) is 3.12. The molecule has 0 atom stereocenters. The van der Waals surface area contributed by atoms with Crippen molar-refractivity contribution in [3.05, 3.63) is 0 Å². The standard InChI is InChI=1S/C10H21NO3/c1-9(2,7-13-5)11-8(12)10(3,4)14-6/h7H2,1-6H3,(H,11,12). The Kier molecular flexibility index (Phi) is 4.55. The maximum atomic E-state index is 11.7. The minimum absolute atomic E-state index is 0.137. The van der Waals surface area contributed by atoms with Gasteiger partial charge in [-0.05, 0) is 27.7 Å². The van der Waals surface area contributed by atoms with Gasteiger partial charge < -0.3 is 14.8 Å². The van der Waals surface area contributed by atoms with Gasteiger partial charge in [0.05, 0.1) is 12.1 Å². The van der Waals surface area contributed by atoms with Gasteiger partial charge in [0.2, 0.25) is 0 Å². The van der Waals surface area contributed by atoms with Gasteiger partial charge in [-0.15, -0.1) is 0 Å². The van der Waals surface area contributed by atoms with Crippen LogP contribution in [0.25, 0.3) is 0 Å². The fourth-order valence-electron chi connectivity index (χ4n) is 0.947. The van der Waals surface area contributed by atoms with Crippen LogP contribution in [0.4, 0.5) is 0 Å². The molecule has 84 valence electrons. The summed E-state index contributed by atoms with van der Waals surface area (Å²) < 4.78 is 10.1. The second kappa shape index (κ2) is 4.75. The summed E-state index contributed by atoms with van der Waals surface area (Å²) in [6.45, 7) is 7.73. The Morgan fingerprint density at radius 3 is 2.07 bits per heavy atom. The summed E-state index contributed by atoms with van der Waals surface area (Å²) in [5.41, 5.74) is -1.17. The van der Waals surface area contributed by atoms with Gasteiger partial charge in [-0.3, -0.25) is 4.79 Å². The monoisotopic (exact) mass is 203 g/mol. The summed E-state index contributed by atoms with van der Waals surface area (Å²) in [5.74, 6) is -0.137. The molecule has 0 spiro atoms. The summed E-state index contributed by atoms with van der Waals surface area (Å²) in [6.07, 6.45) is 0. The van der Waals surface area contributed by atoms with Crippen molar-refractivity contribution in [2.75, 3.05) is 20.8 Å². The van der Waals surface area contributed by atoms with Gasteiger partial charge in [0, 0.05) is 14.2 Å². The number of amides is 1. The SMILES string of the molecule is COCC(C)(C)NC(=O)C(C)(C)OC. The highest BCUT2D eigenvalue weighted by molar-refractivity contribution is 5.84. The second-order valence-corrected chi connectivity index (χ2v) is 4.49. The molecule has 1 amide bonds. The van der Waals surface area contributed by atoms with E-state index in [2.05, 4.69) is 5.32 Å². The molecule has 0 radical (unpaired) electrons. The van der Waals surface area contributed by atoms with Crippen LogP contribution in [0.5, 0.6) is 0 Å². The number of carbonyl (C=O) groups excluding carboxylic acids is 1. The molecule has 0 aromatic carbocycles. The number of rotatable bonds is 5. The smallest absolute Gasteiger partial charge is 0.252 e. The average molecular weight is 203 g/mol. The molecule has 0 fully saturated rings. The Hall–Kier alpha value is -0.610. The van der Waals surface area contributed by atoms with Crippen molar-refractivity contribution >= 4 is 5.91 Å². The molecule has 4 nitrogen and oxygen atoms in total. The van der Waals surface area contributed by atoms with Crippen molar-refractivity contribution in [1.29, 1.82) is 0 Å². The third-order valence-corrected chi connectivity index (χ3v) is 2.01. The van der Waals surface area contributed by atoms with E-state index < -0.39 is 5.60 Å². The van der Waals surface area contributed by atoms with E-state index in [1.54, 1.807) is 21.0 Å². The Morgan fingerprint density at radius 2 is 1.71 bits per heavy atom. The lowest BCUT2D eigenvalue weighted by molar-refractivity contribution is -0.141. The second-order valence-electron chi connectivity index (χ2n) is 4.49. The molecule has 0 aliphatic rings. The highest BCUT2D eigenvalue weighted by Gasteiger charge is 2.31. The summed E-state index contributed by atoms with van der Waals surface area (Å²) in [6, 6.07) is 0. The summed E-state index contributed by atoms with van der Waals surface area (Å²) in [5, 5.41) is 2.86. The van der Waals surface area contributed by atoms with E-state index in [0.717, 1.165) is 0 Å². The van der Waals surface area contributed by atoms with E-state index in [1.807, 2.05) is 13.8 Å². The lowest BCUT2D eigenvalue weighted by Crippen LogP contribution is -2.54. The number of hydrogen-bond donors (Lipinski definition) is 1. The normalized spacial score (nSPS) is 12.7. The van der Waals surface area contributed by atoms with E-state index in [-0.39, 0.29) is 11.4 Å². The van der Waals surface area contributed by atoms with Gasteiger partial charge in [0.25, 0.3) is 5.91 Å². The first kappa shape index (κ1) is 13.4. The molecule has 0 heterocycles. The van der Waals surface area contributed by atoms with E-state index in [0.29, 0.717) is 6.61 Å². The molecule has 14 heavy (non-hydrogen) atoms. The molecule has 0 aromatic heterocycles. The molecule has 0 saturated carbocycles. The van der Waals surface area contributed by atoms with E-state index in [4.69, 9.17) is 9.47 Å². The molecular formula is C10H21NO3. The predicted octanol–water partition coefficient (Wildman–Crippen LogP) is 0.953. The largest absolute Gasteiger partial charge is 0.382 e. The first-order chi connectivity index (χ1) is 6.25. The summed E-state index contributed by atoms with van der Waals surface area (Å²) in [4.78, 5) is 11.7. The number of ether oxygens (including phenoxy) is 2. The maximum Gasteiger partial charge on any atom is 0.252 e. The van der Waals surface area contributed by atoms with Crippen LogP contribution in [0.2, 0.25) is 0 Å². The molecule has 0 rings (SSSR count). The molecule has 0 aliphatic heterocycles. The maximum absolute atomic E-state index is 11.7. The van der Waals surface area contributed by atoms with Crippen LogP contribution < -0.4 is 5.32 Å². The highest BCUT2D eigenvalue weighted by Crippen LogP contribution is 2.11. The number of hydrogen-bond acceptors (Lipinski definition) is 3. The van der Waals surface area contributed by atoms with Gasteiger partial charge in [-0.25, -0.2) is 0 Å². The molecule has 0 aliphatic carbocycles.